The van der Waals surface area contributed by atoms with E-state index in [1.807, 2.05) is 78.9 Å². The number of carbonyl (C=O) groups excluding carboxylic acids is 1. The van der Waals surface area contributed by atoms with E-state index in [9.17, 15) is 4.79 Å². The van der Waals surface area contributed by atoms with E-state index in [4.69, 9.17) is 4.74 Å². The van der Waals surface area contributed by atoms with Gasteiger partial charge in [0.2, 0.25) is 0 Å². The van der Waals surface area contributed by atoms with Gasteiger partial charge >= 0.3 is 0 Å². The number of hydrogen-bond acceptors (Lipinski definition) is 5. The lowest BCUT2D eigenvalue weighted by Crippen LogP contribution is -2.36. The van der Waals surface area contributed by atoms with Gasteiger partial charge in [0, 0.05) is 29.9 Å². The van der Waals surface area contributed by atoms with Gasteiger partial charge in [0.25, 0.3) is 5.91 Å². The highest BCUT2D eigenvalue weighted by molar-refractivity contribution is 6.06. The van der Waals surface area contributed by atoms with Crippen LogP contribution >= 0.6 is 0 Å². The van der Waals surface area contributed by atoms with Gasteiger partial charge in [0.15, 0.2) is 5.82 Å². The van der Waals surface area contributed by atoms with Crippen LogP contribution in [-0.4, -0.2) is 42.4 Å². The van der Waals surface area contributed by atoms with Gasteiger partial charge in [-0.05, 0) is 47.2 Å². The van der Waals surface area contributed by atoms with Crippen LogP contribution in [0.3, 0.4) is 0 Å². The van der Waals surface area contributed by atoms with Gasteiger partial charge in [-0.1, -0.05) is 42.5 Å². The van der Waals surface area contributed by atoms with Crippen LogP contribution < -0.4 is 10.2 Å². The van der Waals surface area contributed by atoms with Crippen LogP contribution in [-0.2, 0) is 4.74 Å². The number of nitrogens with zero attached hydrogens (tertiary/aromatic N) is 3. The van der Waals surface area contributed by atoms with E-state index in [1.54, 1.807) is 0 Å². The van der Waals surface area contributed by atoms with Crippen molar-refractivity contribution < 1.29 is 9.53 Å². The van der Waals surface area contributed by atoms with Crippen molar-refractivity contribution >= 4 is 28.2 Å². The van der Waals surface area contributed by atoms with E-state index < -0.39 is 0 Å². The number of morpholine rings is 1. The maximum Gasteiger partial charge on any atom is 0.255 e. The first-order valence-corrected chi connectivity index (χ1v) is 10.3. The van der Waals surface area contributed by atoms with E-state index in [1.165, 1.54) is 0 Å². The minimum absolute atomic E-state index is 0.142. The fraction of sp³-hybridized carbons (Fsp3) is 0.160. The molecule has 4 aromatic rings. The van der Waals surface area contributed by atoms with Crippen molar-refractivity contribution in [3.05, 3.63) is 84.4 Å². The zero-order chi connectivity index (χ0) is 21.0. The van der Waals surface area contributed by atoms with Gasteiger partial charge in [-0.3, -0.25) is 4.79 Å². The number of aromatic nitrogens is 2. The fourth-order valence-corrected chi connectivity index (χ4v) is 3.73. The van der Waals surface area contributed by atoms with E-state index in [0.717, 1.165) is 46.6 Å². The summed E-state index contributed by atoms with van der Waals surface area (Å²) in [5.41, 5.74) is 3.00. The molecule has 0 unspecified atom stereocenters. The molecule has 1 aliphatic heterocycles. The second kappa shape index (κ2) is 8.53. The Kier molecular flexibility index (Phi) is 5.29. The van der Waals surface area contributed by atoms with Crippen molar-refractivity contribution in [2.45, 2.75) is 0 Å². The molecule has 1 saturated heterocycles. The van der Waals surface area contributed by atoms with Crippen molar-refractivity contribution in [2.75, 3.05) is 36.5 Å². The Bertz CT molecular complexity index is 1220. The molecule has 2 heterocycles. The number of carbonyl (C=O) groups is 1. The first-order valence-electron chi connectivity index (χ1n) is 10.3. The van der Waals surface area contributed by atoms with Crippen molar-refractivity contribution in [3.63, 3.8) is 0 Å². The van der Waals surface area contributed by atoms with Crippen molar-refractivity contribution in [2.24, 2.45) is 0 Å². The van der Waals surface area contributed by atoms with Crippen LogP contribution in [0.2, 0.25) is 0 Å². The molecule has 1 aromatic heterocycles. The fourth-order valence-electron chi connectivity index (χ4n) is 3.73. The number of amides is 1. The lowest BCUT2D eigenvalue weighted by molar-refractivity contribution is 0.102. The molecule has 1 N–H and O–H groups in total. The molecule has 154 valence electrons. The second-order valence-electron chi connectivity index (χ2n) is 7.47. The van der Waals surface area contributed by atoms with Gasteiger partial charge in [-0.25, -0.2) is 0 Å². The monoisotopic (exact) mass is 410 g/mol. The summed E-state index contributed by atoms with van der Waals surface area (Å²) in [7, 11) is 0. The van der Waals surface area contributed by atoms with Crippen LogP contribution in [0, 0.1) is 0 Å². The normalized spacial score (nSPS) is 13.9. The van der Waals surface area contributed by atoms with Crippen LogP contribution in [0.5, 0.6) is 0 Å². The number of nitrogens with one attached hydrogen (secondary N) is 1. The Labute approximate surface area is 180 Å². The Balaban J connectivity index is 1.33. The van der Waals surface area contributed by atoms with Crippen molar-refractivity contribution in [1.82, 2.24) is 10.2 Å². The third-order valence-corrected chi connectivity index (χ3v) is 5.41. The molecular weight excluding hydrogens is 388 g/mol. The second-order valence-corrected chi connectivity index (χ2v) is 7.47. The third-order valence-electron chi connectivity index (χ3n) is 5.41. The lowest BCUT2D eigenvalue weighted by Gasteiger charge is -2.27. The highest BCUT2D eigenvalue weighted by Crippen LogP contribution is 2.23. The largest absolute Gasteiger partial charge is 0.378 e. The number of fused-ring (bicyclic) bond motifs is 1. The van der Waals surface area contributed by atoms with E-state index >= 15 is 0 Å². The van der Waals surface area contributed by atoms with Gasteiger partial charge in [-0.15, -0.1) is 10.2 Å². The van der Waals surface area contributed by atoms with Crippen LogP contribution in [0.25, 0.3) is 22.0 Å². The standard InChI is InChI=1S/C25H22N4O2/c30-25(21-9-8-18-4-1-2-5-19(18)16-21)26-22-7-3-6-20(17-22)23-10-11-24(28-27-23)29-12-14-31-15-13-29/h1-11,16-17H,12-15H2,(H,26,30). The number of ether oxygens (including phenoxy) is 1. The maximum atomic E-state index is 12.8. The Morgan fingerprint density at radius 3 is 2.48 bits per heavy atom. The molecule has 6 heteroatoms. The zero-order valence-corrected chi connectivity index (χ0v) is 17.0. The summed E-state index contributed by atoms with van der Waals surface area (Å²) >= 11 is 0. The Hall–Kier alpha value is -3.77. The highest BCUT2D eigenvalue weighted by Gasteiger charge is 2.13. The Morgan fingerprint density at radius 1 is 0.839 bits per heavy atom. The first kappa shape index (κ1) is 19.2. The molecular formula is C25H22N4O2. The summed E-state index contributed by atoms with van der Waals surface area (Å²) in [6, 6.07) is 25.3. The SMILES string of the molecule is O=C(Nc1cccc(-c2ccc(N3CCOCC3)nn2)c1)c1ccc2ccccc2c1. The van der Waals surface area contributed by atoms with Gasteiger partial charge < -0.3 is 15.0 Å². The minimum atomic E-state index is -0.142. The molecule has 0 spiro atoms. The molecule has 0 radical (unpaired) electrons. The van der Waals surface area contributed by atoms with Crippen molar-refractivity contribution in [3.8, 4) is 11.3 Å². The summed E-state index contributed by atoms with van der Waals surface area (Å²) in [5, 5.41) is 13.9. The number of hydrogen-bond donors (Lipinski definition) is 1. The summed E-state index contributed by atoms with van der Waals surface area (Å²) in [4.78, 5) is 14.9. The molecule has 3 aromatic carbocycles. The molecule has 6 nitrogen and oxygen atoms in total. The average molecular weight is 410 g/mol. The third kappa shape index (κ3) is 4.25. The maximum absolute atomic E-state index is 12.8. The van der Waals surface area contributed by atoms with Gasteiger partial charge in [0.05, 0.1) is 18.9 Å². The quantitative estimate of drug-likeness (QED) is 0.541. The minimum Gasteiger partial charge on any atom is -0.378 e. The molecule has 5 rings (SSSR count). The van der Waals surface area contributed by atoms with E-state index in [2.05, 4.69) is 20.4 Å². The first-order chi connectivity index (χ1) is 15.3. The summed E-state index contributed by atoms with van der Waals surface area (Å²) < 4.78 is 5.39. The highest BCUT2D eigenvalue weighted by atomic mass is 16.5. The smallest absolute Gasteiger partial charge is 0.255 e. The summed E-state index contributed by atoms with van der Waals surface area (Å²) in [6.45, 7) is 3.07. The van der Waals surface area contributed by atoms with Crippen LogP contribution in [0.4, 0.5) is 11.5 Å². The van der Waals surface area contributed by atoms with E-state index in [-0.39, 0.29) is 5.91 Å². The molecule has 1 amide bonds. The Morgan fingerprint density at radius 2 is 1.68 bits per heavy atom. The predicted molar refractivity (Wildman–Crippen MR) is 122 cm³/mol. The summed E-state index contributed by atoms with van der Waals surface area (Å²) in [6.07, 6.45) is 0. The summed E-state index contributed by atoms with van der Waals surface area (Å²) in [5.74, 6) is 0.712. The topological polar surface area (TPSA) is 67.4 Å². The molecule has 31 heavy (non-hydrogen) atoms. The van der Waals surface area contributed by atoms with Crippen LogP contribution in [0.1, 0.15) is 10.4 Å². The molecule has 0 saturated carbocycles. The number of rotatable bonds is 4. The predicted octanol–water partition coefficient (Wildman–Crippen LogP) is 4.39. The molecule has 0 aliphatic carbocycles. The molecule has 0 atom stereocenters. The van der Waals surface area contributed by atoms with Crippen LogP contribution in [0.15, 0.2) is 78.9 Å². The van der Waals surface area contributed by atoms with Gasteiger partial charge in [0.1, 0.15) is 0 Å². The van der Waals surface area contributed by atoms with Gasteiger partial charge in [-0.2, -0.15) is 0 Å². The average Bonchev–Trinajstić information content (AvgIpc) is 2.84. The van der Waals surface area contributed by atoms with Crippen molar-refractivity contribution in [1.29, 1.82) is 0 Å². The van der Waals surface area contributed by atoms with E-state index in [0.29, 0.717) is 18.8 Å². The molecule has 1 aliphatic rings. The zero-order valence-electron chi connectivity index (χ0n) is 17.0. The molecule has 0 bridgehead atoms. The number of anilines is 2. The lowest BCUT2D eigenvalue weighted by atomic mass is 10.1. The molecule has 1 fully saturated rings. The number of benzene rings is 3.